The maximum absolute atomic E-state index is 9.39. The van der Waals surface area contributed by atoms with Crippen LogP contribution in [0.4, 0.5) is 5.82 Å². The largest absolute Gasteiger partial charge is 0.396 e. The van der Waals surface area contributed by atoms with Gasteiger partial charge in [-0.05, 0) is 32.1 Å². The molecule has 0 spiro atoms. The van der Waals surface area contributed by atoms with Crippen LogP contribution in [0.5, 0.6) is 0 Å². The van der Waals surface area contributed by atoms with Crippen LogP contribution in [0.15, 0.2) is 24.3 Å². The van der Waals surface area contributed by atoms with Crippen LogP contribution in [-0.2, 0) is 6.54 Å². The Balaban J connectivity index is 1.57. The number of aliphatic hydroxyl groups is 1. The van der Waals surface area contributed by atoms with Crippen LogP contribution in [0.3, 0.4) is 0 Å². The van der Waals surface area contributed by atoms with Gasteiger partial charge in [-0.15, -0.1) is 0 Å². The molecule has 0 aromatic carbocycles. The molecule has 2 atom stereocenters. The Morgan fingerprint density at radius 3 is 2.91 bits per heavy atom. The molecule has 0 radical (unpaired) electrons. The highest BCUT2D eigenvalue weighted by Crippen LogP contribution is 2.32. The smallest absolute Gasteiger partial charge is 0.165 e. The van der Waals surface area contributed by atoms with Crippen molar-refractivity contribution in [1.29, 1.82) is 0 Å². The lowest BCUT2D eigenvalue weighted by atomic mass is 10.0. The lowest BCUT2D eigenvalue weighted by Crippen LogP contribution is -2.10. The minimum Gasteiger partial charge on any atom is -0.396 e. The van der Waals surface area contributed by atoms with Crippen molar-refractivity contribution in [1.82, 2.24) is 19.5 Å². The Morgan fingerprint density at radius 2 is 2.18 bits per heavy atom. The number of allylic oxidation sites excluding steroid dienone is 1. The molecule has 0 amide bonds. The van der Waals surface area contributed by atoms with E-state index in [0.717, 1.165) is 29.9 Å². The third-order valence-electron chi connectivity index (χ3n) is 4.70. The monoisotopic (exact) mass is 299 g/mol. The summed E-state index contributed by atoms with van der Waals surface area (Å²) in [4.78, 5) is 13.2. The summed E-state index contributed by atoms with van der Waals surface area (Å²) in [5.74, 6) is 1.59. The average molecular weight is 299 g/mol. The number of anilines is 1. The molecule has 2 aliphatic rings. The van der Waals surface area contributed by atoms with Crippen molar-refractivity contribution in [3.05, 3.63) is 24.3 Å². The molecule has 116 valence electrons. The van der Waals surface area contributed by atoms with Gasteiger partial charge in [0.05, 0.1) is 6.33 Å². The van der Waals surface area contributed by atoms with Gasteiger partial charge in [-0.3, -0.25) is 0 Å². The van der Waals surface area contributed by atoms with E-state index in [9.17, 15) is 5.11 Å². The van der Waals surface area contributed by atoms with E-state index >= 15 is 0 Å². The van der Waals surface area contributed by atoms with Crippen molar-refractivity contribution < 1.29 is 5.11 Å². The molecule has 22 heavy (non-hydrogen) atoms. The van der Waals surface area contributed by atoms with Crippen molar-refractivity contribution in [3.63, 3.8) is 0 Å². The fraction of sp³-hybridized carbons (Fsp3) is 0.562. The summed E-state index contributed by atoms with van der Waals surface area (Å²) in [6.07, 6.45) is 9.16. The highest BCUT2D eigenvalue weighted by Gasteiger charge is 2.25. The molecule has 1 saturated carbocycles. The third kappa shape index (κ3) is 2.47. The molecule has 0 aliphatic heterocycles. The molecule has 6 nitrogen and oxygen atoms in total. The van der Waals surface area contributed by atoms with E-state index in [2.05, 4.69) is 37.8 Å². The third-order valence-corrected chi connectivity index (χ3v) is 4.70. The second kappa shape index (κ2) is 5.35. The first-order valence-electron chi connectivity index (χ1n) is 7.96. The molecule has 2 N–H and O–H groups in total. The molecule has 2 aromatic rings. The second-order valence-corrected chi connectivity index (χ2v) is 6.50. The zero-order valence-electron chi connectivity index (χ0n) is 12.7. The first kappa shape index (κ1) is 13.7. The van der Waals surface area contributed by atoms with Gasteiger partial charge in [0.2, 0.25) is 0 Å². The zero-order valence-corrected chi connectivity index (χ0v) is 12.7. The normalized spacial score (nSPS) is 24.7. The van der Waals surface area contributed by atoms with Crippen molar-refractivity contribution in [2.75, 3.05) is 11.9 Å². The van der Waals surface area contributed by atoms with Gasteiger partial charge in [-0.1, -0.05) is 11.6 Å². The SMILES string of the molecule is CC1=C[C@H](Cn2cnc3c(NC4CC4)ncnc32)C[C@@H]1CO. The summed E-state index contributed by atoms with van der Waals surface area (Å²) < 4.78 is 2.10. The molecule has 0 saturated heterocycles. The lowest BCUT2D eigenvalue weighted by molar-refractivity contribution is 0.236. The topological polar surface area (TPSA) is 75.9 Å². The highest BCUT2D eigenvalue weighted by atomic mass is 16.3. The number of aliphatic hydroxyl groups excluding tert-OH is 1. The molecule has 4 rings (SSSR count). The number of aromatic nitrogens is 4. The van der Waals surface area contributed by atoms with E-state index in [1.165, 1.54) is 18.4 Å². The molecular formula is C16H21N5O. The van der Waals surface area contributed by atoms with Crippen LogP contribution in [0.25, 0.3) is 11.2 Å². The van der Waals surface area contributed by atoms with Crippen molar-refractivity contribution in [2.24, 2.45) is 11.8 Å². The molecule has 2 heterocycles. The maximum Gasteiger partial charge on any atom is 0.165 e. The summed E-state index contributed by atoms with van der Waals surface area (Å²) in [6, 6.07) is 0.550. The molecule has 2 aromatic heterocycles. The number of fused-ring (bicyclic) bond motifs is 1. The van der Waals surface area contributed by atoms with E-state index < -0.39 is 0 Å². The second-order valence-electron chi connectivity index (χ2n) is 6.50. The van der Waals surface area contributed by atoms with Crippen molar-refractivity contribution in [2.45, 2.75) is 38.8 Å². The van der Waals surface area contributed by atoms with Gasteiger partial charge in [0.15, 0.2) is 11.5 Å². The van der Waals surface area contributed by atoms with E-state index in [1.54, 1.807) is 6.33 Å². The maximum atomic E-state index is 9.39. The van der Waals surface area contributed by atoms with E-state index in [0.29, 0.717) is 17.9 Å². The summed E-state index contributed by atoms with van der Waals surface area (Å²) in [6.45, 7) is 3.19. The van der Waals surface area contributed by atoms with Crippen LogP contribution in [0, 0.1) is 11.8 Å². The van der Waals surface area contributed by atoms with Gasteiger partial charge in [0, 0.05) is 25.1 Å². The van der Waals surface area contributed by atoms with Gasteiger partial charge < -0.3 is 15.0 Å². The fourth-order valence-corrected chi connectivity index (χ4v) is 3.27. The van der Waals surface area contributed by atoms with Crippen LogP contribution in [0.2, 0.25) is 0 Å². The van der Waals surface area contributed by atoms with Gasteiger partial charge in [0.1, 0.15) is 11.8 Å². The Kier molecular flexibility index (Phi) is 3.33. The summed E-state index contributed by atoms with van der Waals surface area (Å²) in [5.41, 5.74) is 3.03. The van der Waals surface area contributed by atoms with Crippen molar-refractivity contribution >= 4 is 17.0 Å². The Hall–Kier alpha value is -1.95. The quantitative estimate of drug-likeness (QED) is 0.826. The standard InChI is InChI=1S/C16H21N5O/c1-10-4-11(5-12(10)7-22)6-21-9-19-14-15(20-13-2-3-13)17-8-18-16(14)21/h4,8-9,11-13,22H,2-3,5-7H2,1H3,(H,17,18,20)/t11-,12+/m0/s1. The summed E-state index contributed by atoms with van der Waals surface area (Å²) in [7, 11) is 0. The molecule has 0 unspecified atom stereocenters. The molecule has 1 fully saturated rings. The minimum atomic E-state index is 0.237. The molecular weight excluding hydrogens is 278 g/mol. The fourth-order valence-electron chi connectivity index (χ4n) is 3.27. The Bertz CT molecular complexity index is 718. The van der Waals surface area contributed by atoms with E-state index in [1.807, 2.05) is 6.33 Å². The van der Waals surface area contributed by atoms with Gasteiger partial charge in [0.25, 0.3) is 0 Å². The first-order valence-corrected chi connectivity index (χ1v) is 7.96. The summed E-state index contributed by atoms with van der Waals surface area (Å²) >= 11 is 0. The lowest BCUT2D eigenvalue weighted by Gasteiger charge is -2.12. The number of nitrogens with one attached hydrogen (secondary N) is 1. The molecule has 6 heteroatoms. The van der Waals surface area contributed by atoms with Crippen LogP contribution >= 0.6 is 0 Å². The van der Waals surface area contributed by atoms with Crippen molar-refractivity contribution in [3.8, 4) is 0 Å². The molecule has 0 bridgehead atoms. The first-order chi connectivity index (χ1) is 10.7. The number of rotatable bonds is 5. The van der Waals surface area contributed by atoms with Gasteiger partial charge in [-0.25, -0.2) is 15.0 Å². The van der Waals surface area contributed by atoms with Crippen LogP contribution in [-0.4, -0.2) is 37.3 Å². The number of hydrogen-bond donors (Lipinski definition) is 2. The zero-order chi connectivity index (χ0) is 15.1. The van der Waals surface area contributed by atoms with Gasteiger partial charge >= 0.3 is 0 Å². The van der Waals surface area contributed by atoms with E-state index in [4.69, 9.17) is 0 Å². The van der Waals surface area contributed by atoms with E-state index in [-0.39, 0.29) is 6.61 Å². The Morgan fingerprint density at radius 1 is 1.32 bits per heavy atom. The highest BCUT2D eigenvalue weighted by molar-refractivity contribution is 5.82. The Labute approximate surface area is 129 Å². The number of nitrogens with zero attached hydrogens (tertiary/aromatic N) is 4. The average Bonchev–Trinajstić information content (AvgIpc) is 3.13. The number of imidazole rings is 1. The van der Waals surface area contributed by atoms with Gasteiger partial charge in [-0.2, -0.15) is 0 Å². The molecule has 2 aliphatic carbocycles. The number of hydrogen-bond acceptors (Lipinski definition) is 5. The summed E-state index contributed by atoms with van der Waals surface area (Å²) in [5, 5.41) is 12.8. The predicted octanol–water partition coefficient (Wildman–Crippen LogP) is 1.98. The predicted molar refractivity (Wildman–Crippen MR) is 84.4 cm³/mol. The minimum absolute atomic E-state index is 0.237. The van der Waals surface area contributed by atoms with Crippen LogP contribution in [0.1, 0.15) is 26.2 Å². The van der Waals surface area contributed by atoms with Crippen LogP contribution < -0.4 is 5.32 Å².